The molecule has 1 aromatic carbocycles. The topological polar surface area (TPSA) is 141 Å². The number of carbonyl (C=O) groups excluding carboxylic acids is 3. The summed E-state index contributed by atoms with van der Waals surface area (Å²) in [5.74, 6) is 0.212. The number of halogens is 1. The molecule has 2 aromatic heterocycles. The molecule has 10 nitrogen and oxygen atoms in total. The van der Waals surface area contributed by atoms with Gasteiger partial charge in [0.25, 0.3) is 5.91 Å². The zero-order valence-electron chi connectivity index (χ0n) is 20.6. The molecule has 5 N–H and O–H groups in total. The number of anilines is 4. The zero-order valence-corrected chi connectivity index (χ0v) is 21.3. The van der Waals surface area contributed by atoms with E-state index in [0.29, 0.717) is 45.5 Å². The first-order valence-electron chi connectivity index (χ1n) is 11.2. The van der Waals surface area contributed by atoms with Crippen LogP contribution >= 0.6 is 11.6 Å². The van der Waals surface area contributed by atoms with Crippen molar-refractivity contribution in [1.82, 2.24) is 10.1 Å². The van der Waals surface area contributed by atoms with Crippen molar-refractivity contribution in [2.45, 2.75) is 40.0 Å². The molecule has 4 amide bonds. The van der Waals surface area contributed by atoms with Crippen molar-refractivity contribution in [2.24, 2.45) is 0 Å². The van der Waals surface area contributed by atoms with E-state index in [0.717, 1.165) is 11.3 Å². The monoisotopic (exact) mass is 510 g/mol. The molecule has 0 saturated heterocycles. The van der Waals surface area contributed by atoms with Gasteiger partial charge in [0.2, 0.25) is 5.91 Å². The predicted molar refractivity (Wildman–Crippen MR) is 140 cm³/mol. The maximum Gasteiger partial charge on any atom is 0.324 e. The normalized spacial score (nSPS) is 13.9. The second-order valence-electron chi connectivity index (χ2n) is 9.52. The van der Waals surface area contributed by atoms with Crippen LogP contribution in [0, 0.1) is 13.8 Å². The second kappa shape index (κ2) is 9.54. The predicted octanol–water partition coefficient (Wildman–Crippen LogP) is 5.23. The van der Waals surface area contributed by atoms with Crippen molar-refractivity contribution in [2.75, 3.05) is 27.1 Å². The number of aryl methyl sites for hydroxylation is 1. The molecule has 36 heavy (non-hydrogen) atoms. The van der Waals surface area contributed by atoms with Gasteiger partial charge in [-0.1, -0.05) is 32.0 Å². The Morgan fingerprint density at radius 2 is 1.89 bits per heavy atom. The number of amides is 4. The molecule has 0 radical (unpaired) electrons. The largest absolute Gasteiger partial charge is 0.359 e. The second-order valence-corrected chi connectivity index (χ2v) is 9.79. The highest BCUT2D eigenvalue weighted by atomic mass is 35.5. The number of H-pyrrole nitrogens is 1. The molecule has 0 spiro atoms. The maximum absolute atomic E-state index is 12.7. The summed E-state index contributed by atoms with van der Waals surface area (Å²) in [6.07, 6.45) is 1.73. The van der Waals surface area contributed by atoms with Crippen LogP contribution in [0.25, 0.3) is 11.6 Å². The minimum absolute atomic E-state index is 0.152. The van der Waals surface area contributed by atoms with Crippen LogP contribution in [0.2, 0.25) is 0 Å². The van der Waals surface area contributed by atoms with Crippen LogP contribution < -0.4 is 21.3 Å². The van der Waals surface area contributed by atoms with Gasteiger partial charge in [0.15, 0.2) is 5.82 Å². The van der Waals surface area contributed by atoms with Gasteiger partial charge >= 0.3 is 6.03 Å². The van der Waals surface area contributed by atoms with E-state index in [1.807, 2.05) is 34.6 Å². The Labute approximate surface area is 212 Å². The minimum Gasteiger partial charge on any atom is -0.359 e. The van der Waals surface area contributed by atoms with Crippen molar-refractivity contribution >= 4 is 64.0 Å². The lowest BCUT2D eigenvalue weighted by atomic mass is 9.93. The first-order chi connectivity index (χ1) is 17.0. The Morgan fingerprint density at radius 3 is 2.56 bits per heavy atom. The summed E-state index contributed by atoms with van der Waals surface area (Å²) in [5, 5.41) is 14.8. The van der Waals surface area contributed by atoms with Gasteiger partial charge in [0, 0.05) is 34.1 Å². The van der Waals surface area contributed by atoms with Crippen LogP contribution in [0.5, 0.6) is 0 Å². The van der Waals surface area contributed by atoms with Crippen LogP contribution in [0.4, 0.5) is 27.7 Å². The molecule has 1 aliphatic rings. The molecule has 3 aromatic rings. The lowest BCUT2D eigenvalue weighted by Crippen LogP contribution is -2.19. The van der Waals surface area contributed by atoms with Crippen molar-refractivity contribution in [3.05, 3.63) is 52.5 Å². The van der Waals surface area contributed by atoms with Crippen molar-refractivity contribution in [1.29, 1.82) is 0 Å². The SMILES string of the molecule is Cc1[nH]c(/C=C2\C(=O)Nc3cc(NC(=O)Nc4cc(C(C)(C)C)on4)ccc32)c(C)c1NC(=O)CCl. The summed E-state index contributed by atoms with van der Waals surface area (Å²) < 4.78 is 5.28. The average Bonchev–Trinajstić information content (AvgIpc) is 3.46. The summed E-state index contributed by atoms with van der Waals surface area (Å²) in [7, 11) is 0. The van der Waals surface area contributed by atoms with Crippen LogP contribution in [0.1, 0.15) is 49.0 Å². The number of rotatable bonds is 5. The van der Waals surface area contributed by atoms with Gasteiger partial charge in [-0.05, 0) is 37.6 Å². The maximum atomic E-state index is 12.7. The van der Waals surface area contributed by atoms with E-state index in [1.54, 1.807) is 30.3 Å². The lowest BCUT2D eigenvalue weighted by Gasteiger charge is -2.12. The van der Waals surface area contributed by atoms with Crippen molar-refractivity contribution in [3.63, 3.8) is 0 Å². The van der Waals surface area contributed by atoms with Crippen LogP contribution in [0.15, 0.2) is 28.8 Å². The number of nitrogens with one attached hydrogen (secondary N) is 5. The quantitative estimate of drug-likeness (QED) is 0.236. The number of fused-ring (bicyclic) bond motifs is 1. The first kappa shape index (κ1) is 25.1. The molecule has 0 saturated carbocycles. The molecule has 11 heteroatoms. The molecular weight excluding hydrogens is 484 g/mol. The third-order valence-electron chi connectivity index (χ3n) is 5.70. The number of hydrogen-bond acceptors (Lipinski definition) is 5. The molecule has 4 rings (SSSR count). The highest BCUT2D eigenvalue weighted by Gasteiger charge is 2.26. The molecule has 3 heterocycles. The fourth-order valence-corrected chi connectivity index (χ4v) is 3.87. The number of alkyl halides is 1. The van der Waals surface area contributed by atoms with Crippen LogP contribution in [-0.4, -0.2) is 33.9 Å². The smallest absolute Gasteiger partial charge is 0.324 e. The van der Waals surface area contributed by atoms with E-state index in [9.17, 15) is 14.4 Å². The number of aromatic amines is 1. The molecule has 0 aliphatic carbocycles. The van der Waals surface area contributed by atoms with Gasteiger partial charge in [0.05, 0.1) is 16.9 Å². The van der Waals surface area contributed by atoms with Crippen LogP contribution in [0.3, 0.4) is 0 Å². The van der Waals surface area contributed by atoms with Crippen LogP contribution in [-0.2, 0) is 15.0 Å². The Hall–Kier alpha value is -4.05. The number of benzene rings is 1. The summed E-state index contributed by atoms with van der Waals surface area (Å²) >= 11 is 5.60. The minimum atomic E-state index is -0.493. The average molecular weight is 511 g/mol. The van der Waals surface area contributed by atoms with Gasteiger partial charge in [-0.2, -0.15) is 0 Å². The number of aromatic nitrogens is 2. The summed E-state index contributed by atoms with van der Waals surface area (Å²) in [6.45, 7) is 9.62. The standard InChI is InChI=1S/C25H27ClN6O4/c1-12-17(27-13(2)22(12)31-21(33)11-26)9-16-15-7-6-14(8-18(15)29-23(16)34)28-24(35)30-20-10-19(36-32-20)25(3,4)5/h6-10,27H,11H2,1-5H3,(H,29,34)(H,31,33)(H2,28,30,32,35)/b16-9-. The van der Waals surface area contributed by atoms with Crippen molar-refractivity contribution in [3.8, 4) is 0 Å². The third-order valence-corrected chi connectivity index (χ3v) is 5.94. The molecule has 0 bridgehead atoms. The number of hydrogen-bond donors (Lipinski definition) is 5. The highest BCUT2D eigenvalue weighted by molar-refractivity contribution is 6.35. The number of urea groups is 1. The molecule has 0 atom stereocenters. The Balaban J connectivity index is 1.51. The van der Waals surface area contributed by atoms with Gasteiger partial charge in [-0.25, -0.2) is 4.79 Å². The van der Waals surface area contributed by atoms with Gasteiger partial charge in [-0.15, -0.1) is 11.6 Å². The summed E-state index contributed by atoms with van der Waals surface area (Å²) in [6, 6.07) is 6.32. The van der Waals surface area contributed by atoms with E-state index in [1.165, 1.54) is 0 Å². The van der Waals surface area contributed by atoms with E-state index in [-0.39, 0.29) is 23.1 Å². The Kier molecular flexibility index (Phi) is 6.64. The molecular formula is C25H27ClN6O4. The van der Waals surface area contributed by atoms with E-state index in [4.69, 9.17) is 16.1 Å². The van der Waals surface area contributed by atoms with Crippen molar-refractivity contribution < 1.29 is 18.9 Å². The Bertz CT molecular complexity index is 1400. The number of nitrogens with zero attached hydrogens (tertiary/aromatic N) is 1. The molecule has 1 aliphatic heterocycles. The van der Waals surface area contributed by atoms with Gasteiger partial charge < -0.3 is 25.5 Å². The molecule has 0 fully saturated rings. The van der Waals surface area contributed by atoms with E-state index >= 15 is 0 Å². The lowest BCUT2D eigenvalue weighted by molar-refractivity contribution is -0.114. The summed E-state index contributed by atoms with van der Waals surface area (Å²) in [4.78, 5) is 40.1. The van der Waals surface area contributed by atoms with E-state index < -0.39 is 6.03 Å². The third kappa shape index (κ3) is 5.13. The van der Waals surface area contributed by atoms with Gasteiger partial charge in [-0.3, -0.25) is 14.9 Å². The highest BCUT2D eigenvalue weighted by Crippen LogP contribution is 2.36. The van der Waals surface area contributed by atoms with Gasteiger partial charge in [0.1, 0.15) is 11.6 Å². The molecule has 0 unspecified atom stereocenters. The first-order valence-corrected chi connectivity index (χ1v) is 11.8. The zero-order chi connectivity index (χ0) is 26.2. The Morgan fingerprint density at radius 1 is 1.14 bits per heavy atom. The fraction of sp³-hybridized carbons (Fsp3) is 0.280. The fourth-order valence-electron chi connectivity index (χ4n) is 3.80. The number of carbonyl (C=O) groups is 3. The molecule has 188 valence electrons. The summed E-state index contributed by atoms with van der Waals surface area (Å²) in [5.41, 5.74) is 4.85. The van der Waals surface area contributed by atoms with E-state index in [2.05, 4.69) is 31.4 Å².